The van der Waals surface area contributed by atoms with Crippen LogP contribution < -0.4 is 9.80 Å². The van der Waals surface area contributed by atoms with Crippen LogP contribution in [-0.4, -0.2) is 9.13 Å². The zero-order valence-corrected chi connectivity index (χ0v) is 58.7. The summed E-state index contributed by atoms with van der Waals surface area (Å²) in [4.78, 5) is 5.16. The fraction of sp³-hybridized carbons (Fsp3) is 0.0600. The normalized spacial score (nSPS) is 12.3. The Labute approximate surface area is 611 Å². The minimum Gasteiger partial charge on any atom is -0.309 e. The first-order valence-electron chi connectivity index (χ1n) is 36.2. The Kier molecular flexibility index (Phi) is 17.4. The van der Waals surface area contributed by atoms with Gasteiger partial charge in [0.2, 0.25) is 0 Å². The first kappa shape index (κ1) is 64.4. The summed E-state index contributed by atoms with van der Waals surface area (Å²) in [5, 5.41) is 0. The molecule has 17 rings (SSSR count). The second-order valence-corrected chi connectivity index (χ2v) is 27.9. The van der Waals surface area contributed by atoms with Crippen LogP contribution in [0.2, 0.25) is 0 Å². The number of benzene rings is 13. The van der Waals surface area contributed by atoms with Crippen LogP contribution in [0.25, 0.3) is 113 Å². The van der Waals surface area contributed by atoms with Crippen LogP contribution in [-0.2, 0) is 18.3 Å². The first-order valence-corrected chi connectivity index (χ1v) is 36.2. The SMILES string of the molecule is CC(C)(C)c1cc(N(c2cccc(-n3c(-c4ccccc4)c4c(c3-c3ccccc3)CC=CC=C4)c2)c2c(-c3ccccc3)cccc2-c2ccccc2)cc(N(c2cccc(-n3c(-c4ccccc4)c4c(c3-c3ccccc3)CC=CC=C4)c2)c2c(-c3ccccc3)cccc2-c2ccccc2)c1. The Morgan fingerprint density at radius 2 is 0.548 bits per heavy atom. The van der Waals surface area contributed by atoms with Crippen molar-refractivity contribution in [1.29, 1.82) is 0 Å². The highest BCUT2D eigenvalue weighted by atomic mass is 15.2. The summed E-state index contributed by atoms with van der Waals surface area (Å²) in [7, 11) is 0. The van der Waals surface area contributed by atoms with E-state index in [2.05, 4.69) is 434 Å². The Bertz CT molecular complexity index is 5260. The maximum atomic E-state index is 2.58. The van der Waals surface area contributed by atoms with Gasteiger partial charge in [0.05, 0.1) is 34.2 Å². The summed E-state index contributed by atoms with van der Waals surface area (Å²) in [6.45, 7) is 7.08. The number of anilines is 6. The molecule has 13 aromatic carbocycles. The topological polar surface area (TPSA) is 16.3 Å². The van der Waals surface area contributed by atoms with Gasteiger partial charge < -0.3 is 18.9 Å². The van der Waals surface area contributed by atoms with E-state index in [1.54, 1.807) is 0 Å². The third kappa shape index (κ3) is 12.3. The molecule has 0 amide bonds. The van der Waals surface area contributed by atoms with E-state index in [0.717, 1.165) is 136 Å². The maximum absolute atomic E-state index is 2.58. The Morgan fingerprint density at radius 3 is 0.856 bits per heavy atom. The van der Waals surface area contributed by atoms with E-state index in [0.29, 0.717) is 0 Å². The maximum Gasteiger partial charge on any atom is 0.0618 e. The van der Waals surface area contributed by atoms with Crippen molar-refractivity contribution >= 4 is 46.3 Å². The standard InChI is InChI=1S/C100H78N4/c1-100(2,3)79-66-84(101(98-86(71-38-14-4-15-39-71)62-36-63-87(98)72-40-16-5-17-41-72)80-54-34-56-82(68-80)103-94(75-46-22-8-23-47-75)90-58-30-12-31-59-91(90)95(103)76-48-24-9-25-49-76)70-85(67-79)102(99-88(73-42-18-6-19-43-73)64-37-65-89(99)74-44-20-7-21-45-74)81-55-35-57-83(69-81)104-96(77-50-26-10-27-51-77)92-60-32-13-33-61-93(92)97(104)78-52-28-11-29-53-78/h4-58,60,62-70H,59,61H2,1-3H3. The smallest absolute Gasteiger partial charge is 0.0618 e. The van der Waals surface area contributed by atoms with Gasteiger partial charge in [0.15, 0.2) is 0 Å². The van der Waals surface area contributed by atoms with Crippen molar-refractivity contribution in [1.82, 2.24) is 9.13 Å². The first-order chi connectivity index (χ1) is 51.3. The highest BCUT2D eigenvalue weighted by Gasteiger charge is 2.32. The van der Waals surface area contributed by atoms with Gasteiger partial charge in [0, 0.05) is 67.5 Å². The highest BCUT2D eigenvalue weighted by Crippen LogP contribution is 2.54. The molecule has 0 radical (unpaired) electrons. The Morgan fingerprint density at radius 1 is 0.260 bits per heavy atom. The fourth-order valence-electron chi connectivity index (χ4n) is 15.6. The number of allylic oxidation sites excluding steroid dienone is 6. The van der Waals surface area contributed by atoms with Crippen LogP contribution in [0.5, 0.6) is 0 Å². The van der Waals surface area contributed by atoms with E-state index < -0.39 is 0 Å². The summed E-state index contributed by atoms with van der Waals surface area (Å²) in [6.07, 6.45) is 19.6. The van der Waals surface area contributed by atoms with Crippen LogP contribution >= 0.6 is 0 Å². The van der Waals surface area contributed by atoms with Gasteiger partial charge in [-0.3, -0.25) is 0 Å². The van der Waals surface area contributed by atoms with Crippen LogP contribution in [0.4, 0.5) is 34.1 Å². The molecule has 0 aliphatic heterocycles. The monoisotopic (exact) mass is 1330 g/mol. The van der Waals surface area contributed by atoms with Gasteiger partial charge in [-0.25, -0.2) is 0 Å². The average Bonchev–Trinajstić information content (AvgIpc) is 1.37. The molecule has 0 N–H and O–H groups in total. The zero-order chi connectivity index (χ0) is 69.9. The molecule has 0 fully saturated rings. The number of hydrogen-bond donors (Lipinski definition) is 0. The summed E-state index contributed by atoms with van der Waals surface area (Å²) in [6, 6.07) is 128. The molecule has 0 unspecified atom stereocenters. The van der Waals surface area contributed by atoms with Gasteiger partial charge in [0.25, 0.3) is 0 Å². The van der Waals surface area contributed by atoms with E-state index in [1.807, 2.05) is 0 Å². The van der Waals surface area contributed by atoms with Crippen molar-refractivity contribution in [2.75, 3.05) is 9.80 Å². The summed E-state index contributed by atoms with van der Waals surface area (Å²) < 4.78 is 5.09. The van der Waals surface area contributed by atoms with Crippen molar-refractivity contribution < 1.29 is 0 Å². The predicted octanol–water partition coefficient (Wildman–Crippen LogP) is 27.1. The average molecular weight is 1340 g/mol. The molecule has 0 spiro atoms. The van der Waals surface area contributed by atoms with Gasteiger partial charge in [-0.05, 0) is 134 Å². The van der Waals surface area contributed by atoms with Crippen LogP contribution in [0, 0.1) is 0 Å². The molecule has 0 saturated heterocycles. The van der Waals surface area contributed by atoms with E-state index in [-0.39, 0.29) is 5.41 Å². The van der Waals surface area contributed by atoms with Crippen molar-refractivity contribution in [3.8, 4) is 101 Å². The lowest BCUT2D eigenvalue weighted by Gasteiger charge is -2.35. The lowest BCUT2D eigenvalue weighted by atomic mass is 9.85. The molecule has 0 saturated carbocycles. The molecular formula is C100H78N4. The van der Waals surface area contributed by atoms with Gasteiger partial charge in [0.1, 0.15) is 0 Å². The van der Waals surface area contributed by atoms with Crippen molar-refractivity contribution in [3.05, 3.63) is 410 Å². The lowest BCUT2D eigenvalue weighted by molar-refractivity contribution is 0.590. The second kappa shape index (κ2) is 28.2. The largest absolute Gasteiger partial charge is 0.309 e. The molecule has 0 bridgehead atoms. The molecule has 4 nitrogen and oxygen atoms in total. The molecule has 4 heteroatoms. The molecule has 498 valence electrons. The van der Waals surface area contributed by atoms with E-state index in [9.17, 15) is 0 Å². The highest BCUT2D eigenvalue weighted by molar-refractivity contribution is 6.02. The number of fused-ring (bicyclic) bond motifs is 2. The molecule has 2 aliphatic carbocycles. The van der Waals surface area contributed by atoms with Crippen molar-refractivity contribution in [2.24, 2.45) is 0 Å². The minimum atomic E-state index is -0.367. The minimum absolute atomic E-state index is 0.367. The van der Waals surface area contributed by atoms with E-state index in [4.69, 9.17) is 0 Å². The molecule has 104 heavy (non-hydrogen) atoms. The lowest BCUT2D eigenvalue weighted by Crippen LogP contribution is -2.19. The molecular weight excluding hydrogens is 1260 g/mol. The van der Waals surface area contributed by atoms with Crippen molar-refractivity contribution in [3.63, 3.8) is 0 Å². The van der Waals surface area contributed by atoms with E-state index >= 15 is 0 Å². The number of rotatable bonds is 16. The molecule has 15 aromatic rings. The second-order valence-electron chi connectivity index (χ2n) is 27.9. The van der Waals surface area contributed by atoms with Crippen LogP contribution in [0.1, 0.15) is 48.6 Å². The van der Waals surface area contributed by atoms with Gasteiger partial charge >= 0.3 is 0 Å². The third-order valence-electron chi connectivity index (χ3n) is 20.3. The summed E-state index contributed by atoms with van der Waals surface area (Å²) in [5.74, 6) is 0. The molecule has 2 aliphatic rings. The van der Waals surface area contributed by atoms with Crippen LogP contribution in [0.3, 0.4) is 0 Å². The summed E-state index contributed by atoms with van der Waals surface area (Å²) >= 11 is 0. The number of nitrogens with zero attached hydrogens (tertiary/aromatic N) is 4. The van der Waals surface area contributed by atoms with Crippen LogP contribution in [0.15, 0.2) is 382 Å². The Hall–Kier alpha value is -13.0. The Balaban J connectivity index is 0.994. The molecule has 2 heterocycles. The third-order valence-corrected chi connectivity index (χ3v) is 20.3. The quantitative estimate of drug-likeness (QED) is 0.0959. The van der Waals surface area contributed by atoms with Gasteiger partial charge in [-0.2, -0.15) is 0 Å². The summed E-state index contributed by atoms with van der Waals surface area (Å²) in [5.41, 5.74) is 32.1. The van der Waals surface area contributed by atoms with Gasteiger partial charge in [-0.1, -0.05) is 361 Å². The fourth-order valence-corrected chi connectivity index (χ4v) is 15.6. The predicted molar refractivity (Wildman–Crippen MR) is 440 cm³/mol. The van der Waals surface area contributed by atoms with Gasteiger partial charge in [-0.15, -0.1) is 0 Å². The zero-order valence-electron chi connectivity index (χ0n) is 58.7. The number of hydrogen-bond acceptors (Lipinski definition) is 2. The van der Waals surface area contributed by atoms with E-state index in [1.165, 1.54) is 39.2 Å². The molecule has 2 aromatic heterocycles. The molecule has 0 atom stereocenters. The number of para-hydroxylation sites is 2. The number of aromatic nitrogens is 2. The van der Waals surface area contributed by atoms with Crippen molar-refractivity contribution in [2.45, 2.75) is 39.0 Å².